The Bertz CT molecular complexity index is 1200. The summed E-state index contributed by atoms with van der Waals surface area (Å²) in [6.07, 6.45) is 0. The number of para-hydroxylation sites is 2. The van der Waals surface area contributed by atoms with Crippen molar-refractivity contribution in [2.24, 2.45) is 0 Å². The summed E-state index contributed by atoms with van der Waals surface area (Å²) in [4.78, 5) is -0.697. The second-order valence-electron chi connectivity index (χ2n) is 4.80. The first-order valence-corrected chi connectivity index (χ1v) is 9.50. The molecule has 0 saturated carbocycles. The zero-order valence-electron chi connectivity index (χ0n) is 12.8. The van der Waals surface area contributed by atoms with Crippen LogP contribution < -0.4 is 0 Å². The van der Waals surface area contributed by atoms with Crippen LogP contribution in [0, 0.1) is 0 Å². The number of H-pyrrole nitrogens is 2. The van der Waals surface area contributed by atoms with Crippen molar-refractivity contribution in [1.29, 1.82) is 0 Å². The summed E-state index contributed by atoms with van der Waals surface area (Å²) in [5.74, 6) is 0. The number of nitrogens with one attached hydrogen (secondary N) is 2. The molecule has 0 fully saturated rings. The van der Waals surface area contributed by atoms with E-state index in [1.165, 1.54) is 24.3 Å². The Kier molecular flexibility index (Phi) is 5.92. The van der Waals surface area contributed by atoms with E-state index in [0.29, 0.717) is 11.0 Å². The first-order chi connectivity index (χ1) is 12.2. The van der Waals surface area contributed by atoms with Crippen molar-refractivity contribution in [1.82, 2.24) is 30.8 Å². The second kappa shape index (κ2) is 7.66. The van der Waals surface area contributed by atoms with Crippen molar-refractivity contribution < 1.29 is 42.4 Å². The molecule has 0 atom stereocenters. The number of rotatable bonds is 2. The van der Waals surface area contributed by atoms with Crippen LogP contribution in [0.2, 0.25) is 0 Å². The van der Waals surface area contributed by atoms with Crippen LogP contribution in [-0.4, -0.2) is 56.8 Å². The quantitative estimate of drug-likeness (QED) is 0.299. The summed E-state index contributed by atoms with van der Waals surface area (Å²) in [5.41, 5.74) is 0.879. The van der Waals surface area contributed by atoms with Crippen LogP contribution in [0.5, 0.6) is 0 Å². The Morgan fingerprint density at radius 3 is 1.37 bits per heavy atom. The molecule has 27 heavy (non-hydrogen) atoms. The summed E-state index contributed by atoms with van der Waals surface area (Å²) in [6, 6.07) is 8.41. The van der Waals surface area contributed by atoms with Gasteiger partial charge >= 0.3 is 16.5 Å². The number of fused-ring (bicyclic) bond motifs is 2. The maximum Gasteiger partial charge on any atom is 2.00 e. The molecule has 144 valence electrons. The molecule has 2 N–H and O–H groups in total. The molecule has 4 aromatic rings. The van der Waals surface area contributed by atoms with Crippen LogP contribution in [-0.2, 0) is 36.7 Å². The van der Waals surface area contributed by atoms with E-state index in [-0.39, 0.29) is 37.3 Å². The summed E-state index contributed by atoms with van der Waals surface area (Å²) in [7, 11) is -8.94. The molecule has 12 nitrogen and oxygen atoms in total. The van der Waals surface area contributed by atoms with Crippen LogP contribution in [0.4, 0.5) is 0 Å². The fraction of sp³-hybridized carbons (Fsp3) is 0. The monoisotopic (exact) mass is 454 g/mol. The molecule has 0 saturated heterocycles. The van der Waals surface area contributed by atoms with E-state index in [1.807, 2.05) is 0 Å². The number of hydrogen-bond donors (Lipinski definition) is 2. The van der Waals surface area contributed by atoms with E-state index in [4.69, 9.17) is 0 Å². The van der Waals surface area contributed by atoms with Crippen LogP contribution >= 0.6 is 0 Å². The van der Waals surface area contributed by atoms with E-state index >= 15 is 0 Å². The Hall–Kier alpha value is -2.45. The smallest absolute Gasteiger partial charge is 0.744 e. The predicted octanol–water partition coefficient (Wildman–Crippen LogP) is -0.278. The molecule has 2 heterocycles. The Labute approximate surface area is 161 Å². The van der Waals surface area contributed by atoms with E-state index in [2.05, 4.69) is 30.8 Å². The van der Waals surface area contributed by atoms with Gasteiger partial charge in [0, 0.05) is 0 Å². The van der Waals surface area contributed by atoms with Gasteiger partial charge in [-0.25, -0.2) is 16.8 Å². The number of hydrogen-bond acceptors (Lipinski definition) is 10. The van der Waals surface area contributed by atoms with Gasteiger partial charge in [-0.2, -0.15) is 30.8 Å². The SMILES string of the molecule is O=S(=O)([O-])c1cccc2n[nH]nc12.O=S(=O)([O-])c1cccc2n[nH]nc12.[Ni+2]. The first-order valence-electron chi connectivity index (χ1n) is 6.69. The summed E-state index contributed by atoms with van der Waals surface area (Å²) >= 11 is 0. The fourth-order valence-electron chi connectivity index (χ4n) is 2.09. The van der Waals surface area contributed by atoms with Crippen molar-refractivity contribution >= 4 is 42.3 Å². The van der Waals surface area contributed by atoms with Gasteiger partial charge in [0.1, 0.15) is 42.3 Å². The third kappa shape index (κ3) is 4.46. The zero-order valence-corrected chi connectivity index (χ0v) is 15.5. The number of aromatic amines is 2. The van der Waals surface area contributed by atoms with Gasteiger partial charge in [-0.15, -0.1) is 0 Å². The molecule has 0 amide bonds. The standard InChI is InChI=1S/2C6H5N3O3S.Ni/c2*10-13(11,12)5-3-1-2-4-6(5)8-9-7-4;/h2*1-3H,(H,7,8,9)(H,10,11,12);/q;;+2/p-2. The van der Waals surface area contributed by atoms with Gasteiger partial charge < -0.3 is 9.11 Å². The second-order valence-corrected chi connectivity index (χ2v) is 7.50. The van der Waals surface area contributed by atoms with Crippen molar-refractivity contribution in [3.05, 3.63) is 36.4 Å². The van der Waals surface area contributed by atoms with Crippen LogP contribution in [0.25, 0.3) is 22.1 Å². The number of nitrogens with zero attached hydrogens (tertiary/aromatic N) is 4. The molecule has 2 aromatic heterocycles. The average Bonchev–Trinajstić information content (AvgIpc) is 3.21. The van der Waals surface area contributed by atoms with Gasteiger partial charge in [-0.3, -0.25) is 0 Å². The minimum atomic E-state index is -4.47. The van der Waals surface area contributed by atoms with Gasteiger partial charge in [0.25, 0.3) is 0 Å². The third-order valence-corrected chi connectivity index (χ3v) is 4.89. The van der Waals surface area contributed by atoms with E-state index < -0.39 is 20.2 Å². The molecule has 2 aromatic carbocycles. The maximum absolute atomic E-state index is 10.7. The molecular formula is C12H8N6NiO6S2. The van der Waals surface area contributed by atoms with Crippen LogP contribution in [0.3, 0.4) is 0 Å². The average molecular weight is 455 g/mol. The van der Waals surface area contributed by atoms with Gasteiger partial charge in [0.2, 0.25) is 0 Å². The minimum Gasteiger partial charge on any atom is -0.744 e. The van der Waals surface area contributed by atoms with Gasteiger partial charge in [0.15, 0.2) is 0 Å². The Morgan fingerprint density at radius 2 is 1.04 bits per heavy atom. The summed E-state index contributed by atoms with van der Waals surface area (Å²) < 4.78 is 64.2. The van der Waals surface area contributed by atoms with Crippen molar-refractivity contribution in [3.63, 3.8) is 0 Å². The van der Waals surface area contributed by atoms with Crippen LogP contribution in [0.1, 0.15) is 0 Å². The molecule has 4 rings (SSSR count). The van der Waals surface area contributed by atoms with Crippen molar-refractivity contribution in [2.45, 2.75) is 9.79 Å². The molecule has 0 aliphatic rings. The van der Waals surface area contributed by atoms with Gasteiger partial charge in [-0.1, -0.05) is 12.1 Å². The molecule has 0 bridgehead atoms. The summed E-state index contributed by atoms with van der Waals surface area (Å²) in [5, 5.41) is 18.9. The molecule has 0 unspecified atom stereocenters. The number of aromatic nitrogens is 6. The van der Waals surface area contributed by atoms with Crippen LogP contribution in [0.15, 0.2) is 46.2 Å². The first kappa shape index (κ1) is 20.9. The largest absolute Gasteiger partial charge is 2.00 e. The third-order valence-electron chi connectivity index (χ3n) is 3.16. The Morgan fingerprint density at radius 1 is 0.667 bits per heavy atom. The van der Waals surface area contributed by atoms with Crippen molar-refractivity contribution in [3.8, 4) is 0 Å². The minimum absolute atomic E-state index is 0. The molecule has 0 radical (unpaired) electrons. The molecule has 0 aliphatic carbocycles. The molecule has 0 aliphatic heterocycles. The van der Waals surface area contributed by atoms with E-state index in [9.17, 15) is 25.9 Å². The predicted molar refractivity (Wildman–Crippen MR) is 83.7 cm³/mol. The molecule has 0 spiro atoms. The normalized spacial score (nSPS) is 11.6. The van der Waals surface area contributed by atoms with Gasteiger partial charge in [0.05, 0.1) is 9.79 Å². The van der Waals surface area contributed by atoms with Gasteiger partial charge in [-0.05, 0) is 24.3 Å². The van der Waals surface area contributed by atoms with E-state index in [0.717, 1.165) is 0 Å². The summed E-state index contributed by atoms with van der Waals surface area (Å²) in [6.45, 7) is 0. The maximum atomic E-state index is 10.7. The van der Waals surface area contributed by atoms with E-state index in [1.54, 1.807) is 12.1 Å². The molecule has 15 heteroatoms. The number of benzene rings is 2. The topological polar surface area (TPSA) is 198 Å². The zero-order chi connectivity index (χ0) is 18.9. The molecular weight excluding hydrogens is 447 g/mol. The fourth-order valence-corrected chi connectivity index (χ4v) is 3.35. The van der Waals surface area contributed by atoms with Crippen molar-refractivity contribution in [2.75, 3.05) is 0 Å². The Balaban J connectivity index is 0.000000187.